The molecule has 0 bridgehead atoms. The van der Waals surface area contributed by atoms with E-state index in [1.54, 1.807) is 23.1 Å². The number of nitrogens with one attached hydrogen (secondary N) is 2. The highest BCUT2D eigenvalue weighted by Gasteiger charge is 2.28. The second kappa shape index (κ2) is 9.12. The fourth-order valence-electron chi connectivity index (χ4n) is 2.36. The van der Waals surface area contributed by atoms with E-state index in [1.807, 2.05) is 30.3 Å². The first-order valence-electron chi connectivity index (χ1n) is 8.05. The highest BCUT2D eigenvalue weighted by atomic mass is 35.5. The van der Waals surface area contributed by atoms with Crippen LogP contribution in [-0.2, 0) is 16.1 Å². The van der Waals surface area contributed by atoms with E-state index in [0.29, 0.717) is 33.2 Å². The number of anilines is 1. The lowest BCUT2D eigenvalue weighted by Crippen LogP contribution is -2.32. The van der Waals surface area contributed by atoms with Crippen LogP contribution in [0.3, 0.4) is 0 Å². The van der Waals surface area contributed by atoms with Crippen LogP contribution in [-0.4, -0.2) is 34.2 Å². The molecule has 0 unspecified atom stereocenters. The first-order valence-corrected chi connectivity index (χ1v) is 9.79. The summed E-state index contributed by atoms with van der Waals surface area (Å²) in [5, 5.41) is 8.44. The predicted molar refractivity (Wildman–Crippen MR) is 110 cm³/mol. The molecule has 1 aliphatic rings. The van der Waals surface area contributed by atoms with Crippen molar-refractivity contribution < 1.29 is 9.59 Å². The lowest BCUT2D eigenvalue weighted by molar-refractivity contribution is -0.124. The van der Waals surface area contributed by atoms with Crippen molar-refractivity contribution in [2.24, 2.45) is 5.10 Å². The molecule has 2 aromatic carbocycles. The molecular formula is C18H16Cl2N4O2S. The van der Waals surface area contributed by atoms with Gasteiger partial charge in [-0.3, -0.25) is 14.5 Å². The third-order valence-corrected chi connectivity index (χ3v) is 5.21. The molecule has 27 heavy (non-hydrogen) atoms. The van der Waals surface area contributed by atoms with Crippen LogP contribution in [0.2, 0.25) is 10.0 Å². The van der Waals surface area contributed by atoms with Gasteiger partial charge in [-0.1, -0.05) is 65.3 Å². The molecule has 1 aliphatic heterocycles. The highest BCUT2D eigenvalue weighted by molar-refractivity contribution is 8.15. The van der Waals surface area contributed by atoms with Crippen LogP contribution in [0.25, 0.3) is 0 Å². The predicted octanol–water partition coefficient (Wildman–Crippen LogP) is 3.57. The molecule has 1 saturated heterocycles. The van der Waals surface area contributed by atoms with Gasteiger partial charge in [0.25, 0.3) is 5.91 Å². The zero-order valence-corrected chi connectivity index (χ0v) is 16.4. The van der Waals surface area contributed by atoms with Gasteiger partial charge in [-0.05, 0) is 23.8 Å². The average molecular weight is 423 g/mol. The minimum atomic E-state index is -0.363. The number of benzene rings is 2. The van der Waals surface area contributed by atoms with E-state index in [0.717, 1.165) is 5.56 Å². The number of hydrogen-bond acceptors (Lipinski definition) is 5. The van der Waals surface area contributed by atoms with E-state index in [2.05, 4.69) is 15.8 Å². The molecular weight excluding hydrogens is 407 g/mol. The van der Waals surface area contributed by atoms with Crippen LogP contribution in [0, 0.1) is 0 Å². The number of halogens is 2. The Morgan fingerprint density at radius 1 is 1.19 bits per heavy atom. The van der Waals surface area contributed by atoms with Gasteiger partial charge >= 0.3 is 0 Å². The summed E-state index contributed by atoms with van der Waals surface area (Å²) < 4.78 is 0. The second-order valence-corrected chi connectivity index (χ2v) is 7.45. The molecule has 0 radical (unpaired) electrons. The summed E-state index contributed by atoms with van der Waals surface area (Å²) in [6.07, 6.45) is 0. The number of carbonyl (C=O) groups is 2. The molecule has 1 fully saturated rings. The van der Waals surface area contributed by atoms with Crippen molar-refractivity contribution in [1.82, 2.24) is 10.3 Å². The van der Waals surface area contributed by atoms with Gasteiger partial charge in [0.15, 0.2) is 5.17 Å². The van der Waals surface area contributed by atoms with E-state index in [9.17, 15) is 9.59 Å². The Morgan fingerprint density at radius 3 is 2.74 bits per heavy atom. The number of carbonyl (C=O) groups excluding carboxylic acids is 2. The van der Waals surface area contributed by atoms with E-state index in [-0.39, 0.29) is 18.4 Å². The van der Waals surface area contributed by atoms with Gasteiger partial charge in [0.05, 0.1) is 29.6 Å². The molecule has 1 heterocycles. The minimum Gasteiger partial charge on any atom is -0.375 e. The molecule has 0 atom stereocenters. The molecule has 0 aliphatic carbocycles. The fraction of sp³-hybridized carbons (Fsp3) is 0.167. The summed E-state index contributed by atoms with van der Waals surface area (Å²) >= 11 is 13.3. The lowest BCUT2D eigenvalue weighted by Gasteiger charge is -2.16. The maximum Gasteiger partial charge on any atom is 0.259 e. The molecule has 9 heteroatoms. The van der Waals surface area contributed by atoms with E-state index in [4.69, 9.17) is 23.2 Å². The van der Waals surface area contributed by atoms with Crippen molar-refractivity contribution in [3.05, 3.63) is 64.1 Å². The summed E-state index contributed by atoms with van der Waals surface area (Å²) in [6.45, 7) is 0.381. The molecule has 0 saturated carbocycles. The van der Waals surface area contributed by atoms with Crippen molar-refractivity contribution in [2.45, 2.75) is 6.54 Å². The van der Waals surface area contributed by atoms with Gasteiger partial charge < -0.3 is 5.32 Å². The average Bonchev–Trinajstić information content (AvgIpc) is 3.01. The largest absolute Gasteiger partial charge is 0.375 e. The number of amides is 2. The fourth-order valence-corrected chi connectivity index (χ4v) is 3.56. The summed E-state index contributed by atoms with van der Waals surface area (Å²) in [6, 6.07) is 14.6. The van der Waals surface area contributed by atoms with Crippen LogP contribution in [0.5, 0.6) is 0 Å². The topological polar surface area (TPSA) is 73.8 Å². The Balaban J connectivity index is 1.57. The maximum absolute atomic E-state index is 12.1. The molecule has 2 amide bonds. The lowest BCUT2D eigenvalue weighted by atomic mass is 10.2. The monoisotopic (exact) mass is 422 g/mol. The third-order valence-electron chi connectivity index (χ3n) is 3.68. The van der Waals surface area contributed by atoms with Crippen LogP contribution in [0.4, 0.5) is 5.69 Å². The SMILES string of the molecule is O=C(CNc1cc(Cl)ccc1Cl)NN=C1SCC(=O)N1Cc1ccccc1. The Hall–Kier alpha value is -2.22. The summed E-state index contributed by atoms with van der Waals surface area (Å²) in [4.78, 5) is 25.7. The van der Waals surface area contributed by atoms with Gasteiger partial charge in [0, 0.05) is 5.02 Å². The quantitative estimate of drug-likeness (QED) is 0.697. The van der Waals surface area contributed by atoms with Gasteiger partial charge in [-0.2, -0.15) is 0 Å². The van der Waals surface area contributed by atoms with Crippen LogP contribution in [0.1, 0.15) is 5.56 Å². The third kappa shape index (κ3) is 5.38. The standard InChI is InChI=1S/C18H16Cl2N4O2S/c19-13-6-7-14(20)15(8-13)21-9-16(25)22-23-18-24(17(26)11-27-18)10-12-4-2-1-3-5-12/h1-8,21H,9-11H2,(H,22,25). The summed E-state index contributed by atoms with van der Waals surface area (Å²) in [5.41, 5.74) is 4.01. The number of nitrogens with zero attached hydrogens (tertiary/aromatic N) is 2. The van der Waals surface area contributed by atoms with E-state index >= 15 is 0 Å². The van der Waals surface area contributed by atoms with E-state index < -0.39 is 0 Å². The van der Waals surface area contributed by atoms with Crippen molar-refractivity contribution in [3.63, 3.8) is 0 Å². The number of thioether (sulfide) groups is 1. The molecule has 6 nitrogen and oxygen atoms in total. The second-order valence-electron chi connectivity index (χ2n) is 5.66. The molecule has 2 N–H and O–H groups in total. The minimum absolute atomic E-state index is 0.0336. The van der Waals surface area contributed by atoms with Crippen molar-refractivity contribution >= 4 is 57.6 Å². The first-order chi connectivity index (χ1) is 13.0. The Kier molecular flexibility index (Phi) is 6.60. The smallest absolute Gasteiger partial charge is 0.259 e. The van der Waals surface area contributed by atoms with Crippen molar-refractivity contribution in [1.29, 1.82) is 0 Å². The van der Waals surface area contributed by atoms with Gasteiger partial charge in [0.2, 0.25) is 5.91 Å². The summed E-state index contributed by atoms with van der Waals surface area (Å²) in [7, 11) is 0. The van der Waals surface area contributed by atoms with Crippen LogP contribution >= 0.6 is 35.0 Å². The first kappa shape index (κ1) is 19.5. The zero-order chi connectivity index (χ0) is 19.2. The zero-order valence-electron chi connectivity index (χ0n) is 14.1. The van der Waals surface area contributed by atoms with Crippen LogP contribution in [0.15, 0.2) is 53.6 Å². The molecule has 140 valence electrons. The molecule has 3 rings (SSSR count). The highest BCUT2D eigenvalue weighted by Crippen LogP contribution is 2.25. The van der Waals surface area contributed by atoms with Gasteiger partial charge in [-0.25, -0.2) is 5.43 Å². The number of amidine groups is 1. The normalized spacial score (nSPS) is 15.3. The maximum atomic E-state index is 12.1. The molecule has 0 spiro atoms. The van der Waals surface area contributed by atoms with Crippen molar-refractivity contribution in [2.75, 3.05) is 17.6 Å². The number of hydrogen-bond donors (Lipinski definition) is 2. The van der Waals surface area contributed by atoms with Gasteiger partial charge in [-0.15, -0.1) is 5.10 Å². The number of hydrazone groups is 1. The summed E-state index contributed by atoms with van der Waals surface area (Å²) in [5.74, 6) is -0.100. The Bertz CT molecular complexity index is 877. The molecule has 2 aromatic rings. The molecule has 0 aromatic heterocycles. The number of rotatable bonds is 6. The van der Waals surface area contributed by atoms with Crippen LogP contribution < -0.4 is 10.7 Å². The van der Waals surface area contributed by atoms with E-state index in [1.165, 1.54) is 11.8 Å². The van der Waals surface area contributed by atoms with Gasteiger partial charge in [0.1, 0.15) is 0 Å². The van der Waals surface area contributed by atoms with Crippen molar-refractivity contribution in [3.8, 4) is 0 Å². The Morgan fingerprint density at radius 2 is 1.96 bits per heavy atom. The Labute approximate surface area is 170 Å².